The Morgan fingerprint density at radius 3 is 1.62 bits per heavy atom. The summed E-state index contributed by atoms with van der Waals surface area (Å²) in [6.45, 7) is 35.1. The molecule has 272 valence electrons. The highest BCUT2D eigenvalue weighted by Crippen LogP contribution is 2.71. The van der Waals surface area contributed by atoms with Crippen LogP contribution in [0, 0.1) is 57.7 Å². The first-order valence-corrected chi connectivity index (χ1v) is 21.4. The Hall–Kier alpha value is 0. The third kappa shape index (κ3) is 12.4. The molecule has 0 nitrogen and oxygen atoms in total. The molecule has 0 saturated heterocycles. The summed E-state index contributed by atoms with van der Waals surface area (Å²) in [5, 5.41) is 0. The normalized spacial score (nSPS) is 35.3. The standard InChI is InChI=1S/C28H50.C8H18.C5H12.2C2H6/c1-19(2)8-9-21(4)23-10-11-24-22-13-15-26(5)18-20(3)12-17-28(26,7)25(22)14-16-27(23,24)6;1-3-5-7-8-6-4-2;1-3-5-4-2;2*1-2/h19-25H,8-18H2,1-7H3;3-8H2,1-2H3;3-5H2,1-2H3;2*1-2H3. The summed E-state index contributed by atoms with van der Waals surface area (Å²) >= 11 is 0. The smallest absolute Gasteiger partial charge is 0.0241 e. The quantitative estimate of drug-likeness (QED) is 0.199. The molecule has 4 rings (SSSR count). The second-order valence-corrected chi connectivity index (χ2v) is 17.2. The number of rotatable bonds is 11. The summed E-state index contributed by atoms with van der Waals surface area (Å²) in [4.78, 5) is 0. The van der Waals surface area contributed by atoms with Crippen molar-refractivity contribution in [3.63, 3.8) is 0 Å². The van der Waals surface area contributed by atoms with Gasteiger partial charge in [-0.15, -0.1) is 0 Å². The first-order chi connectivity index (χ1) is 21.4. The zero-order valence-electron chi connectivity index (χ0n) is 34.7. The van der Waals surface area contributed by atoms with Gasteiger partial charge in [-0.2, -0.15) is 0 Å². The molecule has 0 N–H and O–H groups in total. The van der Waals surface area contributed by atoms with Crippen molar-refractivity contribution >= 4 is 0 Å². The minimum Gasteiger partial charge on any atom is -0.0683 e. The van der Waals surface area contributed by atoms with Crippen molar-refractivity contribution in [2.75, 3.05) is 0 Å². The summed E-state index contributed by atoms with van der Waals surface area (Å²) in [6.07, 6.45) is 29.2. The van der Waals surface area contributed by atoms with E-state index in [2.05, 4.69) is 76.2 Å². The predicted molar refractivity (Wildman–Crippen MR) is 209 cm³/mol. The van der Waals surface area contributed by atoms with Gasteiger partial charge in [0.25, 0.3) is 0 Å². The topological polar surface area (TPSA) is 0 Å². The van der Waals surface area contributed by atoms with Crippen LogP contribution in [0.4, 0.5) is 0 Å². The third-order valence-corrected chi connectivity index (χ3v) is 13.7. The molecule has 0 aromatic heterocycles. The van der Waals surface area contributed by atoms with Gasteiger partial charge in [0.2, 0.25) is 0 Å². The van der Waals surface area contributed by atoms with Crippen molar-refractivity contribution in [3.8, 4) is 0 Å². The summed E-state index contributed by atoms with van der Waals surface area (Å²) in [6, 6.07) is 0. The van der Waals surface area contributed by atoms with Crippen LogP contribution in [0.1, 0.15) is 232 Å². The first kappa shape index (κ1) is 45.0. The molecule has 45 heavy (non-hydrogen) atoms. The molecule has 9 unspecified atom stereocenters. The summed E-state index contributed by atoms with van der Waals surface area (Å²) in [5.41, 5.74) is 1.91. The summed E-state index contributed by atoms with van der Waals surface area (Å²) in [5.74, 6) is 6.89. The van der Waals surface area contributed by atoms with Crippen LogP contribution in [0.3, 0.4) is 0 Å². The van der Waals surface area contributed by atoms with Crippen LogP contribution in [0.15, 0.2) is 0 Å². The van der Waals surface area contributed by atoms with Gasteiger partial charge < -0.3 is 0 Å². The highest BCUT2D eigenvalue weighted by molar-refractivity contribution is 5.12. The van der Waals surface area contributed by atoms with Gasteiger partial charge in [0.1, 0.15) is 0 Å². The lowest BCUT2D eigenvalue weighted by molar-refractivity contribution is -0.161. The van der Waals surface area contributed by atoms with Crippen molar-refractivity contribution < 1.29 is 0 Å². The maximum Gasteiger partial charge on any atom is -0.0241 e. The predicted octanol–water partition coefficient (Wildman–Crippen LogP) is 16.4. The van der Waals surface area contributed by atoms with E-state index in [4.69, 9.17) is 0 Å². The molecule has 4 aliphatic rings. The molecule has 0 radical (unpaired) electrons. The van der Waals surface area contributed by atoms with Gasteiger partial charge in [-0.3, -0.25) is 0 Å². The molecule has 9 atom stereocenters. The van der Waals surface area contributed by atoms with Gasteiger partial charge in [-0.1, -0.05) is 181 Å². The SMILES string of the molecule is CC.CC.CC(C)CCC(C)C1CCC2C3CCC4(C)CC(C)CCC4(C)C3CCC12C.CCCCC.CCCCCCCC. The summed E-state index contributed by atoms with van der Waals surface area (Å²) < 4.78 is 0. The van der Waals surface area contributed by atoms with Gasteiger partial charge in [0, 0.05) is 0 Å². The van der Waals surface area contributed by atoms with Gasteiger partial charge in [-0.05, 0) is 109 Å². The zero-order chi connectivity index (χ0) is 34.7. The molecule has 0 heterocycles. The molecule has 4 aliphatic carbocycles. The van der Waals surface area contributed by atoms with Crippen LogP contribution in [0.25, 0.3) is 0 Å². The third-order valence-electron chi connectivity index (χ3n) is 13.7. The molecule has 0 aliphatic heterocycles. The lowest BCUT2D eigenvalue weighted by Gasteiger charge is -2.65. The number of fused-ring (bicyclic) bond motifs is 5. The van der Waals surface area contributed by atoms with Crippen LogP contribution in [0.5, 0.6) is 0 Å². The van der Waals surface area contributed by atoms with Crippen LogP contribution in [-0.4, -0.2) is 0 Å². The van der Waals surface area contributed by atoms with Gasteiger partial charge in [0.05, 0.1) is 0 Å². The molecular formula is C45H92. The van der Waals surface area contributed by atoms with Gasteiger partial charge in [-0.25, -0.2) is 0 Å². The Morgan fingerprint density at radius 1 is 0.578 bits per heavy atom. The molecule has 0 aromatic rings. The van der Waals surface area contributed by atoms with E-state index in [-0.39, 0.29) is 0 Å². The van der Waals surface area contributed by atoms with E-state index in [1.807, 2.05) is 27.7 Å². The molecule has 4 fully saturated rings. The van der Waals surface area contributed by atoms with Crippen LogP contribution >= 0.6 is 0 Å². The molecule has 0 spiro atoms. The van der Waals surface area contributed by atoms with Crippen molar-refractivity contribution in [2.45, 2.75) is 232 Å². The Morgan fingerprint density at radius 2 is 1.13 bits per heavy atom. The molecular weight excluding hydrogens is 540 g/mol. The minimum absolute atomic E-state index is 0.627. The van der Waals surface area contributed by atoms with Gasteiger partial charge in [0.15, 0.2) is 0 Å². The zero-order valence-corrected chi connectivity index (χ0v) is 34.7. The van der Waals surface area contributed by atoms with Crippen molar-refractivity contribution in [1.82, 2.24) is 0 Å². The van der Waals surface area contributed by atoms with Gasteiger partial charge >= 0.3 is 0 Å². The minimum atomic E-state index is 0.627. The van der Waals surface area contributed by atoms with E-state index in [1.165, 1.54) is 109 Å². The Bertz CT molecular complexity index is 684. The first-order valence-electron chi connectivity index (χ1n) is 21.4. The van der Waals surface area contributed by atoms with Crippen molar-refractivity contribution in [1.29, 1.82) is 0 Å². The molecule has 0 heteroatoms. The van der Waals surface area contributed by atoms with Crippen LogP contribution in [-0.2, 0) is 0 Å². The maximum absolute atomic E-state index is 2.75. The summed E-state index contributed by atoms with van der Waals surface area (Å²) in [7, 11) is 0. The van der Waals surface area contributed by atoms with Crippen LogP contribution in [0.2, 0.25) is 0 Å². The Balaban J connectivity index is 0.000000950. The fourth-order valence-electron chi connectivity index (χ4n) is 10.9. The van der Waals surface area contributed by atoms with Crippen LogP contribution < -0.4 is 0 Å². The second-order valence-electron chi connectivity index (χ2n) is 17.2. The average molecular weight is 633 g/mol. The molecule has 4 saturated carbocycles. The lowest BCUT2D eigenvalue weighted by atomic mass is 9.39. The number of hydrogen-bond donors (Lipinski definition) is 0. The second kappa shape index (κ2) is 23.4. The number of hydrogen-bond acceptors (Lipinski definition) is 0. The van der Waals surface area contributed by atoms with E-state index in [1.54, 1.807) is 19.3 Å². The Kier molecular flexibility index (Phi) is 23.4. The maximum atomic E-state index is 2.75. The molecule has 0 aromatic carbocycles. The highest BCUT2D eigenvalue weighted by Gasteiger charge is 2.63. The van der Waals surface area contributed by atoms with E-state index >= 15 is 0 Å². The Labute approximate surface area is 289 Å². The van der Waals surface area contributed by atoms with Crippen molar-refractivity contribution in [3.05, 3.63) is 0 Å². The number of unbranched alkanes of at least 4 members (excludes halogenated alkanes) is 7. The highest BCUT2D eigenvalue weighted by atomic mass is 14.7. The fourth-order valence-corrected chi connectivity index (χ4v) is 10.9. The molecule has 0 bridgehead atoms. The lowest BCUT2D eigenvalue weighted by Crippen LogP contribution is -2.57. The van der Waals surface area contributed by atoms with Crippen molar-refractivity contribution in [2.24, 2.45) is 57.7 Å². The monoisotopic (exact) mass is 633 g/mol. The van der Waals surface area contributed by atoms with E-state index in [9.17, 15) is 0 Å². The van der Waals surface area contributed by atoms with E-state index in [0.717, 1.165) is 41.4 Å². The van der Waals surface area contributed by atoms with E-state index < -0.39 is 0 Å². The fraction of sp³-hybridized carbons (Fsp3) is 1.00. The largest absolute Gasteiger partial charge is 0.0683 e. The average Bonchev–Trinajstić information content (AvgIpc) is 3.39. The molecule has 0 amide bonds. The van der Waals surface area contributed by atoms with E-state index in [0.29, 0.717) is 16.2 Å².